The van der Waals surface area contributed by atoms with Crippen molar-refractivity contribution >= 4 is 5.69 Å². The zero-order valence-electron chi connectivity index (χ0n) is 12.4. The lowest BCUT2D eigenvalue weighted by Gasteiger charge is -2.09. The highest BCUT2D eigenvalue weighted by Crippen LogP contribution is 2.29. The van der Waals surface area contributed by atoms with Crippen LogP contribution in [0.25, 0.3) is 0 Å². The van der Waals surface area contributed by atoms with E-state index < -0.39 is 0 Å². The van der Waals surface area contributed by atoms with Crippen LogP contribution >= 0.6 is 0 Å². The van der Waals surface area contributed by atoms with Gasteiger partial charge >= 0.3 is 0 Å². The van der Waals surface area contributed by atoms with E-state index in [0.717, 1.165) is 18.7 Å². The van der Waals surface area contributed by atoms with Crippen molar-refractivity contribution < 1.29 is 4.74 Å². The van der Waals surface area contributed by atoms with Crippen LogP contribution in [-0.4, -0.2) is 6.10 Å². The third-order valence-electron chi connectivity index (χ3n) is 3.96. The van der Waals surface area contributed by atoms with Crippen molar-refractivity contribution in [2.75, 3.05) is 5.32 Å². The van der Waals surface area contributed by atoms with Gasteiger partial charge in [-0.25, -0.2) is 0 Å². The second-order valence-corrected chi connectivity index (χ2v) is 5.73. The Morgan fingerprint density at radius 3 is 2.75 bits per heavy atom. The van der Waals surface area contributed by atoms with E-state index in [1.807, 2.05) is 0 Å². The summed E-state index contributed by atoms with van der Waals surface area (Å²) in [5.74, 6) is 1.05. The van der Waals surface area contributed by atoms with Gasteiger partial charge in [0.05, 0.1) is 0 Å². The van der Waals surface area contributed by atoms with Crippen molar-refractivity contribution in [3.63, 3.8) is 0 Å². The quantitative estimate of drug-likeness (QED) is 0.898. The van der Waals surface area contributed by atoms with Crippen LogP contribution in [0.2, 0.25) is 0 Å². The molecule has 0 radical (unpaired) electrons. The minimum Gasteiger partial charge on any atom is -0.490 e. The van der Waals surface area contributed by atoms with Crippen LogP contribution in [0.5, 0.6) is 5.75 Å². The predicted octanol–water partition coefficient (Wildman–Crippen LogP) is 4.24. The molecule has 1 heterocycles. The lowest BCUT2D eigenvalue weighted by atomic mass is 10.1. The molecule has 2 aromatic rings. The highest BCUT2D eigenvalue weighted by atomic mass is 16.5. The summed E-state index contributed by atoms with van der Waals surface area (Å²) in [7, 11) is 0. The van der Waals surface area contributed by atoms with Crippen LogP contribution in [0.1, 0.15) is 29.2 Å². The summed E-state index contributed by atoms with van der Waals surface area (Å²) in [6.45, 7) is 7.26. The Hall–Kier alpha value is -1.96. The predicted molar refractivity (Wildman–Crippen MR) is 83.5 cm³/mol. The monoisotopic (exact) mass is 267 g/mol. The second kappa shape index (κ2) is 5.20. The van der Waals surface area contributed by atoms with Gasteiger partial charge in [0.15, 0.2) is 0 Å². The van der Waals surface area contributed by atoms with E-state index in [-0.39, 0.29) is 0 Å². The SMILES string of the molecule is Cc1ccc(NCc2ccc3c(c2)C[C@H](C)O3)cc1C. The number of hydrogen-bond acceptors (Lipinski definition) is 2. The zero-order valence-corrected chi connectivity index (χ0v) is 12.4. The number of aryl methyl sites for hydroxylation is 2. The molecular formula is C18H21NO. The molecule has 0 amide bonds. The summed E-state index contributed by atoms with van der Waals surface area (Å²) in [5.41, 5.74) is 6.47. The van der Waals surface area contributed by atoms with Crippen LogP contribution in [0.15, 0.2) is 36.4 Å². The standard InChI is InChI=1S/C18H21NO/c1-12-4-6-17(8-13(12)2)19-11-15-5-7-18-16(10-15)9-14(3)20-18/h4-8,10,14,19H,9,11H2,1-3H3/t14-/m0/s1. The third kappa shape index (κ3) is 2.64. The van der Waals surface area contributed by atoms with Gasteiger partial charge in [0.25, 0.3) is 0 Å². The lowest BCUT2D eigenvalue weighted by molar-refractivity contribution is 0.254. The summed E-state index contributed by atoms with van der Waals surface area (Å²) in [4.78, 5) is 0. The Kier molecular flexibility index (Phi) is 3.39. The zero-order chi connectivity index (χ0) is 14.1. The Bertz CT molecular complexity index is 633. The Balaban J connectivity index is 1.70. The molecule has 0 aliphatic carbocycles. The molecule has 0 spiro atoms. The van der Waals surface area contributed by atoms with Crippen molar-refractivity contribution in [3.05, 3.63) is 58.7 Å². The lowest BCUT2D eigenvalue weighted by Crippen LogP contribution is -2.05. The summed E-state index contributed by atoms with van der Waals surface area (Å²) < 4.78 is 5.73. The minimum absolute atomic E-state index is 0.313. The molecule has 0 unspecified atom stereocenters. The van der Waals surface area contributed by atoms with Gasteiger partial charge in [-0.2, -0.15) is 0 Å². The molecule has 3 rings (SSSR count). The van der Waals surface area contributed by atoms with Gasteiger partial charge in [-0.1, -0.05) is 18.2 Å². The fraction of sp³-hybridized carbons (Fsp3) is 0.333. The van der Waals surface area contributed by atoms with Crippen LogP contribution in [0, 0.1) is 13.8 Å². The van der Waals surface area contributed by atoms with Gasteiger partial charge < -0.3 is 10.1 Å². The molecular weight excluding hydrogens is 246 g/mol. The molecule has 0 saturated heterocycles. The third-order valence-corrected chi connectivity index (χ3v) is 3.96. The molecule has 104 valence electrons. The number of fused-ring (bicyclic) bond motifs is 1. The van der Waals surface area contributed by atoms with E-state index in [1.54, 1.807) is 0 Å². The molecule has 1 N–H and O–H groups in total. The number of benzene rings is 2. The first-order valence-corrected chi connectivity index (χ1v) is 7.21. The fourth-order valence-electron chi connectivity index (χ4n) is 2.64. The van der Waals surface area contributed by atoms with Crippen molar-refractivity contribution in [2.24, 2.45) is 0 Å². The number of nitrogens with one attached hydrogen (secondary N) is 1. The maximum atomic E-state index is 5.73. The van der Waals surface area contributed by atoms with Crippen LogP contribution < -0.4 is 10.1 Å². The molecule has 0 fully saturated rings. The number of hydrogen-bond donors (Lipinski definition) is 1. The van der Waals surface area contributed by atoms with Gasteiger partial charge in [-0.3, -0.25) is 0 Å². The molecule has 1 aliphatic heterocycles. The molecule has 1 atom stereocenters. The van der Waals surface area contributed by atoms with E-state index in [1.165, 1.54) is 27.9 Å². The second-order valence-electron chi connectivity index (χ2n) is 5.73. The molecule has 2 heteroatoms. The van der Waals surface area contributed by atoms with E-state index >= 15 is 0 Å². The average Bonchev–Trinajstić information content (AvgIpc) is 2.79. The molecule has 0 saturated carbocycles. The summed E-state index contributed by atoms with van der Waals surface area (Å²) in [6.07, 6.45) is 1.33. The number of anilines is 1. The normalized spacial score (nSPS) is 16.6. The van der Waals surface area contributed by atoms with Gasteiger partial charge in [0.2, 0.25) is 0 Å². The molecule has 20 heavy (non-hydrogen) atoms. The number of rotatable bonds is 3. The van der Waals surface area contributed by atoms with Crippen molar-refractivity contribution in [1.29, 1.82) is 0 Å². The van der Waals surface area contributed by atoms with Crippen molar-refractivity contribution in [3.8, 4) is 5.75 Å². The van der Waals surface area contributed by atoms with E-state index in [0.29, 0.717) is 6.10 Å². The first-order chi connectivity index (χ1) is 9.61. The van der Waals surface area contributed by atoms with Crippen molar-refractivity contribution in [2.45, 2.75) is 39.8 Å². The smallest absolute Gasteiger partial charge is 0.123 e. The summed E-state index contributed by atoms with van der Waals surface area (Å²) >= 11 is 0. The molecule has 0 bridgehead atoms. The minimum atomic E-state index is 0.313. The highest BCUT2D eigenvalue weighted by molar-refractivity contribution is 5.49. The first-order valence-electron chi connectivity index (χ1n) is 7.21. The van der Waals surface area contributed by atoms with Crippen LogP contribution in [-0.2, 0) is 13.0 Å². The first kappa shape index (κ1) is 13.0. The van der Waals surface area contributed by atoms with E-state index in [4.69, 9.17) is 4.74 Å². The number of ether oxygens (including phenoxy) is 1. The Morgan fingerprint density at radius 2 is 1.95 bits per heavy atom. The fourth-order valence-corrected chi connectivity index (χ4v) is 2.64. The molecule has 2 aromatic carbocycles. The van der Waals surface area contributed by atoms with E-state index in [2.05, 4.69) is 62.5 Å². The molecule has 0 aromatic heterocycles. The summed E-state index contributed by atoms with van der Waals surface area (Å²) in [5, 5.41) is 3.49. The van der Waals surface area contributed by atoms with Gasteiger partial charge in [0, 0.05) is 18.7 Å². The topological polar surface area (TPSA) is 21.3 Å². The Morgan fingerprint density at radius 1 is 1.10 bits per heavy atom. The Labute approximate surface area is 120 Å². The average molecular weight is 267 g/mol. The van der Waals surface area contributed by atoms with Gasteiger partial charge in [-0.05, 0) is 61.2 Å². The largest absolute Gasteiger partial charge is 0.490 e. The van der Waals surface area contributed by atoms with Gasteiger partial charge in [-0.15, -0.1) is 0 Å². The van der Waals surface area contributed by atoms with Gasteiger partial charge in [0.1, 0.15) is 11.9 Å². The molecule has 2 nitrogen and oxygen atoms in total. The highest BCUT2D eigenvalue weighted by Gasteiger charge is 2.18. The van der Waals surface area contributed by atoms with Crippen LogP contribution in [0.3, 0.4) is 0 Å². The summed E-state index contributed by atoms with van der Waals surface area (Å²) in [6, 6.07) is 13.0. The maximum Gasteiger partial charge on any atom is 0.123 e. The van der Waals surface area contributed by atoms with Crippen molar-refractivity contribution in [1.82, 2.24) is 0 Å². The molecule has 1 aliphatic rings. The van der Waals surface area contributed by atoms with E-state index in [9.17, 15) is 0 Å². The van der Waals surface area contributed by atoms with Crippen LogP contribution in [0.4, 0.5) is 5.69 Å². The maximum absolute atomic E-state index is 5.73.